The van der Waals surface area contributed by atoms with Crippen LogP contribution in [-0.4, -0.2) is 25.2 Å². The molecule has 0 N–H and O–H groups in total. The van der Waals surface area contributed by atoms with Crippen molar-refractivity contribution in [1.29, 1.82) is 0 Å². The van der Waals surface area contributed by atoms with Gasteiger partial charge < -0.3 is 9.47 Å². The van der Waals surface area contributed by atoms with Crippen molar-refractivity contribution < 1.29 is 19.1 Å². The number of carbonyl (C=O) groups excluding carboxylic acids is 2. The van der Waals surface area contributed by atoms with Crippen molar-refractivity contribution in [2.45, 2.75) is 38.7 Å². The summed E-state index contributed by atoms with van der Waals surface area (Å²) in [5.74, 6) is -1.29. The summed E-state index contributed by atoms with van der Waals surface area (Å²) < 4.78 is 10.5. The van der Waals surface area contributed by atoms with Gasteiger partial charge in [-0.05, 0) is 41.5 Å². The molecule has 4 heteroatoms. The Hall–Kier alpha value is -2.62. The van der Waals surface area contributed by atoms with Crippen molar-refractivity contribution in [3.05, 3.63) is 70.8 Å². The second kappa shape index (κ2) is 8.17. The van der Waals surface area contributed by atoms with Crippen molar-refractivity contribution in [2.24, 2.45) is 5.92 Å². The highest BCUT2D eigenvalue weighted by atomic mass is 16.6. The fraction of sp³-hybridized carbons (Fsp3) is 0.364. The Bertz CT molecular complexity index is 762. The van der Waals surface area contributed by atoms with Crippen LogP contribution < -0.4 is 0 Å². The van der Waals surface area contributed by atoms with Crippen LogP contribution in [0.15, 0.2) is 48.5 Å². The van der Waals surface area contributed by atoms with E-state index in [1.165, 1.54) is 25.2 Å². The van der Waals surface area contributed by atoms with Crippen LogP contribution in [0.3, 0.4) is 0 Å². The first-order valence-corrected chi connectivity index (χ1v) is 8.96. The number of methoxy groups -OCH3 is 1. The lowest BCUT2D eigenvalue weighted by Crippen LogP contribution is -2.36. The summed E-state index contributed by atoms with van der Waals surface area (Å²) in [7, 11) is 1.37. The van der Waals surface area contributed by atoms with Crippen LogP contribution >= 0.6 is 0 Å². The summed E-state index contributed by atoms with van der Waals surface area (Å²) in [6.07, 6.45) is 2.36. The van der Waals surface area contributed by atoms with Crippen molar-refractivity contribution in [3.8, 4) is 0 Å². The van der Waals surface area contributed by atoms with E-state index in [2.05, 4.69) is 24.3 Å². The molecule has 0 radical (unpaired) electrons. The maximum absolute atomic E-state index is 12.4. The van der Waals surface area contributed by atoms with Crippen molar-refractivity contribution in [3.63, 3.8) is 0 Å². The molecule has 0 unspecified atom stereocenters. The first-order chi connectivity index (χ1) is 12.5. The van der Waals surface area contributed by atoms with Gasteiger partial charge in [0.25, 0.3) is 0 Å². The van der Waals surface area contributed by atoms with Crippen LogP contribution in [-0.2, 0) is 44.7 Å². The molecule has 0 saturated carbocycles. The third-order valence-electron chi connectivity index (χ3n) is 4.91. The minimum absolute atomic E-state index is 0.357. The Morgan fingerprint density at radius 3 is 1.73 bits per heavy atom. The van der Waals surface area contributed by atoms with E-state index in [0.717, 1.165) is 24.0 Å². The van der Waals surface area contributed by atoms with Crippen molar-refractivity contribution in [2.75, 3.05) is 7.11 Å². The van der Waals surface area contributed by atoms with E-state index in [0.29, 0.717) is 12.8 Å². The fourth-order valence-electron chi connectivity index (χ4n) is 3.46. The molecule has 0 saturated heterocycles. The van der Waals surface area contributed by atoms with Gasteiger partial charge in [-0.2, -0.15) is 0 Å². The number of hydrogen-bond acceptors (Lipinski definition) is 4. The summed E-state index contributed by atoms with van der Waals surface area (Å²) in [4.78, 5) is 24.1. The molecule has 0 heterocycles. The second-order valence-corrected chi connectivity index (χ2v) is 6.82. The van der Waals surface area contributed by atoms with E-state index in [4.69, 9.17) is 9.47 Å². The number of rotatable bonds is 2. The zero-order chi connectivity index (χ0) is 18.5. The molecule has 2 aromatic carbocycles. The predicted octanol–water partition coefficient (Wildman–Crippen LogP) is 3.29. The lowest BCUT2D eigenvalue weighted by atomic mass is 9.88. The first kappa shape index (κ1) is 18.2. The van der Waals surface area contributed by atoms with Gasteiger partial charge in [-0.25, -0.2) is 0 Å². The first-order valence-electron chi connectivity index (χ1n) is 8.96. The number of hydrogen-bond donors (Lipinski definition) is 0. The van der Waals surface area contributed by atoms with Gasteiger partial charge in [-0.15, -0.1) is 0 Å². The Balaban J connectivity index is 2.01. The zero-order valence-electron chi connectivity index (χ0n) is 15.2. The van der Waals surface area contributed by atoms with Gasteiger partial charge >= 0.3 is 11.9 Å². The monoisotopic (exact) mass is 352 g/mol. The van der Waals surface area contributed by atoms with Crippen molar-refractivity contribution in [1.82, 2.24) is 0 Å². The molecular weight excluding hydrogens is 328 g/mol. The number of carbonyl (C=O) groups is 2. The molecule has 4 aliphatic carbocycles. The van der Waals surface area contributed by atoms with E-state index in [9.17, 15) is 9.59 Å². The van der Waals surface area contributed by atoms with Crippen LogP contribution in [0, 0.1) is 5.92 Å². The molecule has 0 spiro atoms. The highest BCUT2D eigenvalue weighted by molar-refractivity contribution is 5.74. The van der Waals surface area contributed by atoms with E-state index >= 15 is 0 Å². The largest absolute Gasteiger partial charge is 0.469 e. The lowest BCUT2D eigenvalue weighted by molar-refractivity contribution is -0.158. The molecule has 4 bridgehead atoms. The third-order valence-corrected chi connectivity index (χ3v) is 4.91. The Morgan fingerprint density at radius 2 is 1.27 bits per heavy atom. The molecule has 26 heavy (non-hydrogen) atoms. The summed E-state index contributed by atoms with van der Waals surface area (Å²) in [5.41, 5.74) is 4.61. The van der Waals surface area contributed by atoms with E-state index in [-0.39, 0.29) is 5.97 Å². The number of benzene rings is 2. The van der Waals surface area contributed by atoms with Crippen LogP contribution in [0.4, 0.5) is 0 Å². The molecule has 4 nitrogen and oxygen atoms in total. The molecule has 6 rings (SSSR count). The summed E-state index contributed by atoms with van der Waals surface area (Å²) in [5, 5.41) is 0. The van der Waals surface area contributed by atoms with Gasteiger partial charge in [-0.3, -0.25) is 9.59 Å². The maximum Gasteiger partial charge on any atom is 0.312 e. The molecule has 0 aliphatic heterocycles. The van der Waals surface area contributed by atoms with E-state index < -0.39 is 18.0 Å². The van der Waals surface area contributed by atoms with E-state index in [1.54, 1.807) is 0 Å². The second-order valence-electron chi connectivity index (χ2n) is 6.82. The van der Waals surface area contributed by atoms with Gasteiger partial charge in [0.05, 0.1) is 13.0 Å². The van der Waals surface area contributed by atoms with Crippen LogP contribution in [0.2, 0.25) is 0 Å². The number of esters is 2. The Labute approximate surface area is 154 Å². The normalized spacial score (nSPS) is 19.6. The SMILES string of the molecule is COC(=O)[C@@H]1Cc2ccc(cc2)CCc2ccc(cc2)C[C@H]1OC(C)=O. The summed E-state index contributed by atoms with van der Waals surface area (Å²) in [6, 6.07) is 16.6. The molecule has 0 aromatic heterocycles. The Morgan fingerprint density at radius 1 is 0.808 bits per heavy atom. The zero-order valence-corrected chi connectivity index (χ0v) is 15.2. The van der Waals surface area contributed by atoms with Crippen molar-refractivity contribution >= 4 is 11.9 Å². The molecule has 0 amide bonds. The summed E-state index contributed by atoms with van der Waals surface area (Å²) >= 11 is 0. The standard InChI is InChI=1S/C22H24O4/c1-15(23)26-21-14-19-11-7-17(8-12-19)4-3-16-5-9-18(10-6-16)13-20(21)22(24)25-2/h5-12,20-21H,3-4,13-14H2,1-2H3/t20-,21-/m1/s1. The van der Waals surface area contributed by atoms with Crippen LogP contribution in [0.5, 0.6) is 0 Å². The fourth-order valence-corrected chi connectivity index (χ4v) is 3.46. The van der Waals surface area contributed by atoms with Crippen LogP contribution in [0.25, 0.3) is 0 Å². The highest BCUT2D eigenvalue weighted by Crippen LogP contribution is 2.23. The average molecular weight is 352 g/mol. The molecule has 0 fully saturated rings. The Kier molecular flexibility index (Phi) is 5.71. The van der Waals surface area contributed by atoms with Gasteiger partial charge in [0.2, 0.25) is 0 Å². The molecule has 136 valence electrons. The van der Waals surface area contributed by atoms with Gasteiger partial charge in [0, 0.05) is 13.3 Å². The van der Waals surface area contributed by atoms with Crippen LogP contribution in [0.1, 0.15) is 29.2 Å². The minimum atomic E-state index is -0.562. The van der Waals surface area contributed by atoms with Gasteiger partial charge in [0.15, 0.2) is 0 Å². The molecular formula is C22H24O4. The molecule has 2 aromatic rings. The number of aryl methyl sites for hydroxylation is 2. The quantitative estimate of drug-likeness (QED) is 0.778. The number of ether oxygens (including phenoxy) is 2. The van der Waals surface area contributed by atoms with E-state index in [1.807, 2.05) is 24.3 Å². The highest BCUT2D eigenvalue weighted by Gasteiger charge is 2.32. The van der Waals surface area contributed by atoms with Gasteiger partial charge in [0.1, 0.15) is 6.10 Å². The lowest BCUT2D eigenvalue weighted by Gasteiger charge is -2.25. The molecule has 2 atom stereocenters. The minimum Gasteiger partial charge on any atom is -0.469 e. The topological polar surface area (TPSA) is 52.6 Å². The average Bonchev–Trinajstić information content (AvgIpc) is 2.65. The van der Waals surface area contributed by atoms with Gasteiger partial charge in [-0.1, -0.05) is 48.5 Å². The molecule has 4 aliphatic rings. The predicted molar refractivity (Wildman–Crippen MR) is 98.8 cm³/mol. The summed E-state index contributed by atoms with van der Waals surface area (Å²) in [6.45, 7) is 1.37. The maximum atomic E-state index is 12.4. The third kappa shape index (κ3) is 4.51. The smallest absolute Gasteiger partial charge is 0.312 e.